The van der Waals surface area contributed by atoms with Gasteiger partial charge in [-0.15, -0.1) is 0 Å². The van der Waals surface area contributed by atoms with Crippen LogP contribution in [0.1, 0.15) is 70.5 Å². The Bertz CT molecular complexity index is 1030. The summed E-state index contributed by atoms with van der Waals surface area (Å²) in [6, 6.07) is 13.6. The average Bonchev–Trinajstić information content (AvgIpc) is 3.07. The van der Waals surface area contributed by atoms with E-state index < -0.39 is 17.7 Å². The highest BCUT2D eigenvalue weighted by Gasteiger charge is 2.46. The smallest absolute Gasteiger partial charge is 0.295 e. The molecule has 0 spiro atoms. The van der Waals surface area contributed by atoms with E-state index in [2.05, 4.69) is 6.92 Å². The molecular formula is C28H35NO5. The van der Waals surface area contributed by atoms with Crippen LogP contribution < -0.4 is 9.47 Å². The van der Waals surface area contributed by atoms with Gasteiger partial charge in [0.1, 0.15) is 17.3 Å². The molecular weight excluding hydrogens is 430 g/mol. The molecule has 1 aliphatic rings. The van der Waals surface area contributed by atoms with Gasteiger partial charge in [0, 0.05) is 17.7 Å². The Balaban J connectivity index is 2.02. The lowest BCUT2D eigenvalue weighted by Gasteiger charge is -2.27. The quantitative estimate of drug-likeness (QED) is 0.194. The van der Waals surface area contributed by atoms with Crippen LogP contribution in [0.4, 0.5) is 0 Å². The molecule has 0 radical (unpaired) electrons. The Kier molecular flexibility index (Phi) is 8.74. The number of ether oxygens (including phenoxy) is 2. The first-order chi connectivity index (χ1) is 16.4. The van der Waals surface area contributed by atoms with E-state index in [4.69, 9.17) is 9.47 Å². The topological polar surface area (TPSA) is 76.1 Å². The van der Waals surface area contributed by atoms with Crippen molar-refractivity contribution < 1.29 is 24.2 Å². The summed E-state index contributed by atoms with van der Waals surface area (Å²) in [6.07, 6.45) is 3.81. The Morgan fingerprint density at radius 2 is 1.71 bits per heavy atom. The molecule has 1 fully saturated rings. The number of rotatable bonds is 11. The van der Waals surface area contributed by atoms with E-state index in [1.807, 2.05) is 45.0 Å². The van der Waals surface area contributed by atoms with Gasteiger partial charge in [-0.1, -0.05) is 44.9 Å². The standard InChI is InChI=1S/C28H35NO5/c1-5-7-10-18-33-21-15-13-20(14-16-21)26(30)24-25(29(17-6-2)28(32)27(24)31)22-11-8-9-12-23(22)34-19(3)4/h8-9,11-16,19,25,30H,5-7,10,17-18H2,1-4H3/b26-24-. The van der Waals surface area contributed by atoms with Crippen molar-refractivity contribution in [3.8, 4) is 11.5 Å². The molecule has 1 heterocycles. The number of Topliss-reactive ketones (excluding diaryl/α,β-unsaturated/α-hetero) is 1. The lowest BCUT2D eigenvalue weighted by Crippen LogP contribution is -2.30. The molecule has 1 unspecified atom stereocenters. The number of carbonyl (C=O) groups is 2. The Hall–Kier alpha value is -3.28. The summed E-state index contributed by atoms with van der Waals surface area (Å²) in [5.74, 6) is -0.198. The second-order valence-electron chi connectivity index (χ2n) is 8.78. The molecule has 1 aliphatic heterocycles. The fourth-order valence-corrected chi connectivity index (χ4v) is 4.15. The molecule has 2 aromatic rings. The summed E-state index contributed by atoms with van der Waals surface area (Å²) in [4.78, 5) is 27.6. The van der Waals surface area contributed by atoms with Crippen LogP contribution in [-0.4, -0.2) is 41.0 Å². The highest BCUT2D eigenvalue weighted by Crippen LogP contribution is 2.43. The van der Waals surface area contributed by atoms with Gasteiger partial charge in [0.2, 0.25) is 0 Å². The molecule has 0 aliphatic carbocycles. The van der Waals surface area contributed by atoms with Crippen molar-refractivity contribution in [1.82, 2.24) is 4.90 Å². The zero-order valence-electron chi connectivity index (χ0n) is 20.5. The zero-order chi connectivity index (χ0) is 24.7. The van der Waals surface area contributed by atoms with Gasteiger partial charge >= 0.3 is 0 Å². The van der Waals surface area contributed by atoms with Crippen LogP contribution in [0.3, 0.4) is 0 Å². The molecule has 0 saturated carbocycles. The molecule has 1 atom stereocenters. The Morgan fingerprint density at radius 3 is 2.35 bits per heavy atom. The molecule has 6 heteroatoms. The molecule has 2 aromatic carbocycles. The number of para-hydroxylation sites is 1. The summed E-state index contributed by atoms with van der Waals surface area (Å²) >= 11 is 0. The fourth-order valence-electron chi connectivity index (χ4n) is 4.15. The lowest BCUT2D eigenvalue weighted by molar-refractivity contribution is -0.139. The maximum Gasteiger partial charge on any atom is 0.295 e. The van der Waals surface area contributed by atoms with E-state index in [0.29, 0.717) is 42.2 Å². The number of carbonyl (C=O) groups excluding carboxylic acids is 2. The van der Waals surface area contributed by atoms with Gasteiger partial charge in [-0.2, -0.15) is 0 Å². The first-order valence-electron chi connectivity index (χ1n) is 12.2. The second-order valence-corrected chi connectivity index (χ2v) is 8.78. The molecule has 182 valence electrons. The molecule has 1 saturated heterocycles. The van der Waals surface area contributed by atoms with Gasteiger partial charge in [0.15, 0.2) is 0 Å². The van der Waals surface area contributed by atoms with Crippen molar-refractivity contribution in [3.05, 3.63) is 65.2 Å². The summed E-state index contributed by atoms with van der Waals surface area (Å²) in [5.41, 5.74) is 1.22. The zero-order valence-corrected chi connectivity index (χ0v) is 20.5. The molecule has 6 nitrogen and oxygen atoms in total. The van der Waals surface area contributed by atoms with Crippen LogP contribution in [0, 0.1) is 0 Å². The van der Waals surface area contributed by atoms with Crippen LogP contribution in [0.2, 0.25) is 0 Å². The molecule has 0 bridgehead atoms. The maximum absolute atomic E-state index is 13.1. The number of likely N-dealkylation sites (tertiary alicyclic amines) is 1. The van der Waals surface area contributed by atoms with Crippen molar-refractivity contribution in [2.75, 3.05) is 13.2 Å². The minimum Gasteiger partial charge on any atom is -0.507 e. The van der Waals surface area contributed by atoms with Crippen molar-refractivity contribution in [2.24, 2.45) is 0 Å². The molecule has 34 heavy (non-hydrogen) atoms. The number of aliphatic hydroxyl groups is 1. The van der Waals surface area contributed by atoms with E-state index in [-0.39, 0.29) is 17.4 Å². The van der Waals surface area contributed by atoms with Crippen molar-refractivity contribution in [1.29, 1.82) is 0 Å². The predicted molar refractivity (Wildman–Crippen MR) is 133 cm³/mol. The number of hydrogen-bond acceptors (Lipinski definition) is 5. The van der Waals surface area contributed by atoms with Crippen LogP contribution in [0.25, 0.3) is 5.76 Å². The second kappa shape index (κ2) is 11.7. The summed E-state index contributed by atoms with van der Waals surface area (Å²) in [6.45, 7) is 8.96. The normalized spacial score (nSPS) is 17.4. The SMILES string of the molecule is CCCCCOc1ccc(/C(O)=C2/C(=O)C(=O)N(CCC)C2c2ccccc2OC(C)C)cc1. The number of unbranched alkanes of at least 4 members (excludes halogenated alkanes) is 2. The largest absolute Gasteiger partial charge is 0.507 e. The highest BCUT2D eigenvalue weighted by atomic mass is 16.5. The predicted octanol–water partition coefficient (Wildman–Crippen LogP) is 5.87. The van der Waals surface area contributed by atoms with E-state index in [0.717, 1.165) is 19.3 Å². The van der Waals surface area contributed by atoms with Gasteiger partial charge in [0.05, 0.1) is 24.3 Å². The van der Waals surface area contributed by atoms with E-state index in [9.17, 15) is 14.7 Å². The van der Waals surface area contributed by atoms with E-state index in [1.54, 1.807) is 24.3 Å². The minimum atomic E-state index is -0.722. The van der Waals surface area contributed by atoms with Crippen LogP contribution in [0.5, 0.6) is 11.5 Å². The lowest BCUT2D eigenvalue weighted by atomic mass is 9.94. The molecule has 0 aromatic heterocycles. The van der Waals surface area contributed by atoms with Crippen LogP contribution in [0.15, 0.2) is 54.1 Å². The summed E-state index contributed by atoms with van der Waals surface area (Å²) in [5, 5.41) is 11.2. The number of amides is 1. The van der Waals surface area contributed by atoms with Gasteiger partial charge in [-0.3, -0.25) is 9.59 Å². The number of ketones is 1. The average molecular weight is 466 g/mol. The van der Waals surface area contributed by atoms with Crippen molar-refractivity contribution in [3.63, 3.8) is 0 Å². The summed E-state index contributed by atoms with van der Waals surface area (Å²) in [7, 11) is 0. The van der Waals surface area contributed by atoms with Crippen LogP contribution >= 0.6 is 0 Å². The van der Waals surface area contributed by atoms with E-state index >= 15 is 0 Å². The first-order valence-corrected chi connectivity index (χ1v) is 12.2. The summed E-state index contributed by atoms with van der Waals surface area (Å²) < 4.78 is 11.7. The third kappa shape index (κ3) is 5.61. The third-order valence-electron chi connectivity index (χ3n) is 5.73. The highest BCUT2D eigenvalue weighted by molar-refractivity contribution is 6.46. The first kappa shape index (κ1) is 25.3. The van der Waals surface area contributed by atoms with Crippen molar-refractivity contribution in [2.45, 2.75) is 65.5 Å². The molecule has 3 rings (SSSR count). The number of nitrogens with zero attached hydrogens (tertiary/aromatic N) is 1. The van der Waals surface area contributed by atoms with Crippen molar-refractivity contribution >= 4 is 17.4 Å². The fraction of sp³-hybridized carbons (Fsp3) is 0.429. The van der Waals surface area contributed by atoms with Gasteiger partial charge in [0.25, 0.3) is 11.7 Å². The van der Waals surface area contributed by atoms with E-state index in [1.165, 1.54) is 4.90 Å². The van der Waals surface area contributed by atoms with Gasteiger partial charge in [-0.25, -0.2) is 0 Å². The van der Waals surface area contributed by atoms with Gasteiger partial charge < -0.3 is 19.5 Å². The molecule has 1 N–H and O–H groups in total. The number of aliphatic hydroxyl groups excluding tert-OH is 1. The Morgan fingerprint density at radius 1 is 1.00 bits per heavy atom. The monoisotopic (exact) mass is 465 g/mol. The van der Waals surface area contributed by atoms with Crippen LogP contribution in [-0.2, 0) is 9.59 Å². The minimum absolute atomic E-state index is 0.0786. The molecule has 1 amide bonds. The number of benzene rings is 2. The van der Waals surface area contributed by atoms with Gasteiger partial charge in [-0.05, 0) is 57.0 Å². The Labute approximate surface area is 202 Å². The number of hydrogen-bond donors (Lipinski definition) is 1. The third-order valence-corrected chi connectivity index (χ3v) is 5.73. The maximum atomic E-state index is 13.1.